The standard InChI is InChI=1S/C38H36NO3P/c1-2-3-7-16-30-24-26-31(27-25-30)37-29-35(36-23-14-15-28-39(36)37)38(32-17-8-4-9-18-32)43(40,41-33-19-10-5-11-20-33)42-34-21-12-6-13-22-34/h4-6,8-15,17-29,38H,2-3,7,16H2,1H3. The Bertz CT molecular complexity index is 1750. The van der Waals surface area contributed by atoms with Crippen LogP contribution in [0.5, 0.6) is 11.5 Å². The van der Waals surface area contributed by atoms with E-state index in [0.717, 1.165) is 34.3 Å². The Balaban J connectivity index is 1.51. The lowest BCUT2D eigenvalue weighted by molar-refractivity contribution is 0.378. The van der Waals surface area contributed by atoms with E-state index in [4.69, 9.17) is 9.05 Å². The molecular weight excluding hydrogens is 549 g/mol. The van der Waals surface area contributed by atoms with Gasteiger partial charge in [0.2, 0.25) is 0 Å². The lowest BCUT2D eigenvalue weighted by atomic mass is 10.0. The number of nitrogens with zero attached hydrogens (tertiary/aromatic N) is 1. The fourth-order valence-corrected chi connectivity index (χ4v) is 7.75. The second kappa shape index (κ2) is 13.2. The molecule has 43 heavy (non-hydrogen) atoms. The fourth-order valence-electron chi connectivity index (χ4n) is 5.59. The van der Waals surface area contributed by atoms with Gasteiger partial charge in [0.1, 0.15) is 17.2 Å². The van der Waals surface area contributed by atoms with Crippen molar-refractivity contribution in [2.24, 2.45) is 0 Å². The Kier molecular flexibility index (Phi) is 8.77. The minimum Gasteiger partial charge on any atom is -0.415 e. The molecular formula is C38H36NO3P. The molecule has 6 aromatic rings. The molecule has 6 rings (SSSR count). The van der Waals surface area contributed by atoms with E-state index in [1.807, 2.05) is 103 Å². The molecule has 2 heterocycles. The molecule has 4 nitrogen and oxygen atoms in total. The lowest BCUT2D eigenvalue weighted by Crippen LogP contribution is -2.12. The number of benzene rings is 4. The van der Waals surface area contributed by atoms with E-state index >= 15 is 4.57 Å². The highest BCUT2D eigenvalue weighted by Gasteiger charge is 2.43. The molecule has 1 unspecified atom stereocenters. The zero-order valence-electron chi connectivity index (χ0n) is 24.4. The highest BCUT2D eigenvalue weighted by molar-refractivity contribution is 7.55. The molecule has 0 amide bonds. The molecule has 0 aliphatic rings. The Morgan fingerprint density at radius 3 is 1.86 bits per heavy atom. The molecule has 4 aromatic carbocycles. The lowest BCUT2D eigenvalue weighted by Gasteiger charge is -2.28. The smallest absolute Gasteiger partial charge is 0.415 e. The summed E-state index contributed by atoms with van der Waals surface area (Å²) < 4.78 is 30.4. The molecule has 2 aromatic heterocycles. The van der Waals surface area contributed by atoms with E-state index < -0.39 is 13.3 Å². The zero-order valence-corrected chi connectivity index (χ0v) is 25.3. The third-order valence-corrected chi connectivity index (χ3v) is 9.84. The molecule has 0 N–H and O–H groups in total. The third-order valence-electron chi connectivity index (χ3n) is 7.70. The largest absolute Gasteiger partial charge is 0.442 e. The van der Waals surface area contributed by atoms with Gasteiger partial charge in [0, 0.05) is 11.8 Å². The topological polar surface area (TPSA) is 39.9 Å². The van der Waals surface area contributed by atoms with Gasteiger partial charge in [0.25, 0.3) is 0 Å². The Morgan fingerprint density at radius 1 is 0.674 bits per heavy atom. The summed E-state index contributed by atoms with van der Waals surface area (Å²) in [6.45, 7) is 2.23. The predicted octanol–water partition coefficient (Wildman–Crippen LogP) is 10.8. The fraction of sp³-hybridized carbons (Fsp3) is 0.158. The van der Waals surface area contributed by atoms with Gasteiger partial charge in [-0.1, -0.05) is 117 Å². The normalized spacial score (nSPS) is 12.2. The second-order valence-corrected chi connectivity index (χ2v) is 12.7. The van der Waals surface area contributed by atoms with Gasteiger partial charge in [-0.05, 0) is 72.0 Å². The van der Waals surface area contributed by atoms with Crippen molar-refractivity contribution < 1.29 is 13.6 Å². The SMILES string of the molecule is CCCCCc1ccc(-c2cc(C(c3ccccc3)P(=O)(Oc3ccccc3)Oc3ccccc3)c3ccccn23)cc1. The summed E-state index contributed by atoms with van der Waals surface area (Å²) in [7, 11) is -3.94. The van der Waals surface area contributed by atoms with Crippen LogP contribution >= 0.6 is 7.60 Å². The number of para-hydroxylation sites is 2. The maximum absolute atomic E-state index is 15.4. The molecule has 0 aliphatic carbocycles. The quantitative estimate of drug-likeness (QED) is 0.106. The summed E-state index contributed by atoms with van der Waals surface area (Å²) in [6.07, 6.45) is 6.80. The highest BCUT2D eigenvalue weighted by Crippen LogP contribution is 2.63. The summed E-state index contributed by atoms with van der Waals surface area (Å²) in [4.78, 5) is 0. The molecule has 0 saturated carbocycles. The van der Waals surface area contributed by atoms with Crippen LogP contribution in [0.1, 0.15) is 48.5 Å². The van der Waals surface area contributed by atoms with E-state index in [9.17, 15) is 0 Å². The van der Waals surface area contributed by atoms with Crippen molar-refractivity contribution in [3.63, 3.8) is 0 Å². The average Bonchev–Trinajstić information content (AvgIpc) is 3.42. The summed E-state index contributed by atoms with van der Waals surface area (Å²) >= 11 is 0. The number of fused-ring (bicyclic) bond motifs is 1. The molecule has 216 valence electrons. The molecule has 0 radical (unpaired) electrons. The summed E-state index contributed by atoms with van der Waals surface area (Å²) in [5.74, 6) is 0.982. The number of unbranched alkanes of at least 4 members (excludes halogenated alkanes) is 2. The summed E-state index contributed by atoms with van der Waals surface area (Å²) in [5, 5.41) is 0. The van der Waals surface area contributed by atoms with Gasteiger partial charge < -0.3 is 13.4 Å². The van der Waals surface area contributed by atoms with Crippen LogP contribution in [0, 0.1) is 0 Å². The molecule has 0 saturated heterocycles. The molecule has 1 atom stereocenters. The van der Waals surface area contributed by atoms with Crippen molar-refractivity contribution >= 4 is 13.1 Å². The van der Waals surface area contributed by atoms with Crippen molar-refractivity contribution in [1.29, 1.82) is 0 Å². The first kappa shape index (κ1) is 28.6. The number of rotatable bonds is 12. The molecule has 0 bridgehead atoms. The summed E-state index contributed by atoms with van der Waals surface area (Å²) in [5.41, 5.74) is 5.45. The van der Waals surface area contributed by atoms with Crippen LogP contribution in [0.15, 0.2) is 146 Å². The minimum absolute atomic E-state index is 0.491. The first-order valence-corrected chi connectivity index (χ1v) is 16.6. The van der Waals surface area contributed by atoms with Crippen LogP contribution in [-0.2, 0) is 11.0 Å². The molecule has 0 aliphatic heterocycles. The van der Waals surface area contributed by atoms with Gasteiger partial charge in [0.15, 0.2) is 0 Å². The van der Waals surface area contributed by atoms with Crippen LogP contribution in [0.3, 0.4) is 0 Å². The number of aromatic nitrogens is 1. The van der Waals surface area contributed by atoms with Gasteiger partial charge in [-0.3, -0.25) is 0 Å². The predicted molar refractivity (Wildman–Crippen MR) is 176 cm³/mol. The van der Waals surface area contributed by atoms with E-state index in [2.05, 4.69) is 53.9 Å². The van der Waals surface area contributed by atoms with Crippen LogP contribution in [-0.4, -0.2) is 4.40 Å². The first-order valence-electron chi connectivity index (χ1n) is 15.0. The average molecular weight is 586 g/mol. The zero-order chi connectivity index (χ0) is 29.5. The van der Waals surface area contributed by atoms with E-state index in [1.165, 1.54) is 24.8 Å². The van der Waals surface area contributed by atoms with Crippen LogP contribution in [0.25, 0.3) is 16.8 Å². The van der Waals surface area contributed by atoms with E-state index in [1.54, 1.807) is 0 Å². The van der Waals surface area contributed by atoms with E-state index in [0.29, 0.717) is 11.5 Å². The van der Waals surface area contributed by atoms with Gasteiger partial charge >= 0.3 is 7.60 Å². The van der Waals surface area contributed by atoms with Gasteiger partial charge in [-0.2, -0.15) is 0 Å². The van der Waals surface area contributed by atoms with Crippen molar-refractivity contribution in [2.45, 2.75) is 38.3 Å². The van der Waals surface area contributed by atoms with E-state index in [-0.39, 0.29) is 0 Å². The second-order valence-electron chi connectivity index (χ2n) is 10.8. The van der Waals surface area contributed by atoms with Crippen molar-refractivity contribution in [1.82, 2.24) is 4.40 Å². The van der Waals surface area contributed by atoms with Gasteiger partial charge in [0.05, 0.1) is 11.2 Å². The Morgan fingerprint density at radius 2 is 1.26 bits per heavy atom. The number of aryl methyl sites for hydroxylation is 1. The van der Waals surface area contributed by atoms with Crippen LogP contribution in [0.4, 0.5) is 0 Å². The number of hydrogen-bond donors (Lipinski definition) is 0. The number of hydrogen-bond acceptors (Lipinski definition) is 3. The van der Waals surface area contributed by atoms with Crippen LogP contribution in [0.2, 0.25) is 0 Å². The first-order chi connectivity index (χ1) is 21.1. The minimum atomic E-state index is -3.94. The van der Waals surface area contributed by atoms with Gasteiger partial charge in [-0.25, -0.2) is 4.57 Å². The number of pyridine rings is 1. The molecule has 0 spiro atoms. The monoisotopic (exact) mass is 585 g/mol. The Labute approximate surface area is 254 Å². The van der Waals surface area contributed by atoms with Crippen molar-refractivity contribution in [2.75, 3.05) is 0 Å². The van der Waals surface area contributed by atoms with Gasteiger partial charge in [-0.15, -0.1) is 0 Å². The highest BCUT2D eigenvalue weighted by atomic mass is 31.2. The third kappa shape index (κ3) is 6.45. The molecule has 5 heteroatoms. The maximum Gasteiger partial charge on any atom is 0.442 e. The summed E-state index contributed by atoms with van der Waals surface area (Å²) in [6, 6.07) is 45.6. The van der Waals surface area contributed by atoms with Crippen LogP contribution < -0.4 is 9.05 Å². The Hall–Kier alpha value is -4.53. The van der Waals surface area contributed by atoms with Crippen molar-refractivity contribution in [3.05, 3.63) is 162 Å². The van der Waals surface area contributed by atoms with Crippen molar-refractivity contribution in [3.8, 4) is 22.8 Å². The molecule has 0 fully saturated rings. The maximum atomic E-state index is 15.4.